The van der Waals surface area contributed by atoms with E-state index in [1.165, 1.54) is 4.88 Å². The van der Waals surface area contributed by atoms with Crippen LogP contribution in [0, 0.1) is 6.92 Å². The Bertz CT molecular complexity index is 1320. The Morgan fingerprint density at radius 3 is 2.39 bits per heavy atom. The summed E-state index contributed by atoms with van der Waals surface area (Å²) in [5, 5.41) is 3.18. The lowest BCUT2D eigenvalue weighted by Gasteiger charge is -2.23. The van der Waals surface area contributed by atoms with Crippen molar-refractivity contribution in [2.45, 2.75) is 26.4 Å². The van der Waals surface area contributed by atoms with E-state index in [4.69, 9.17) is 0 Å². The number of amides is 1. The number of thiophene rings is 1. The minimum Gasteiger partial charge on any atom is -0.336 e. The maximum Gasteiger partial charge on any atom is 0.273 e. The molecule has 4 aromatic rings. The predicted octanol–water partition coefficient (Wildman–Crippen LogP) is 3.33. The quantitative estimate of drug-likeness (QED) is 0.486. The lowest BCUT2D eigenvalue weighted by atomic mass is 10.1. The largest absolute Gasteiger partial charge is 0.336 e. The minimum atomic E-state index is -0.382. The first kappa shape index (κ1) is 20.8. The van der Waals surface area contributed by atoms with Crippen molar-refractivity contribution in [3.05, 3.63) is 103 Å². The number of carbonyl (C=O) groups is 1. The van der Waals surface area contributed by atoms with Crippen LogP contribution in [0.3, 0.4) is 0 Å². The van der Waals surface area contributed by atoms with Gasteiger partial charge in [-0.1, -0.05) is 42.5 Å². The SMILES string of the molecule is Cc1ccc(CN(CCc2ccccc2)C(=O)Cn2[nH]c(=O)c3ccccc3c2=O)s1. The third kappa shape index (κ3) is 4.83. The number of aromatic nitrogens is 2. The maximum absolute atomic E-state index is 13.2. The Balaban J connectivity index is 1.59. The number of nitrogens with one attached hydrogen (secondary N) is 1. The molecule has 0 fully saturated rings. The number of H-pyrrole nitrogens is 1. The molecule has 2 aromatic carbocycles. The summed E-state index contributed by atoms with van der Waals surface area (Å²) >= 11 is 1.65. The second-order valence-corrected chi connectivity index (χ2v) is 8.81. The molecule has 31 heavy (non-hydrogen) atoms. The van der Waals surface area contributed by atoms with Crippen LogP contribution in [0.1, 0.15) is 15.3 Å². The molecule has 2 heterocycles. The van der Waals surface area contributed by atoms with Crippen LogP contribution in [0.25, 0.3) is 10.8 Å². The van der Waals surface area contributed by atoms with Crippen molar-refractivity contribution in [2.75, 3.05) is 6.54 Å². The van der Waals surface area contributed by atoms with Crippen LogP contribution < -0.4 is 11.1 Å². The van der Waals surface area contributed by atoms with E-state index in [-0.39, 0.29) is 23.6 Å². The molecule has 0 bridgehead atoms. The van der Waals surface area contributed by atoms with Crippen molar-refractivity contribution < 1.29 is 4.79 Å². The normalized spacial score (nSPS) is 11.0. The van der Waals surface area contributed by atoms with E-state index in [1.807, 2.05) is 49.4 Å². The molecule has 7 heteroatoms. The fourth-order valence-electron chi connectivity index (χ4n) is 3.55. The molecule has 6 nitrogen and oxygen atoms in total. The monoisotopic (exact) mass is 433 g/mol. The van der Waals surface area contributed by atoms with Crippen molar-refractivity contribution >= 4 is 28.0 Å². The summed E-state index contributed by atoms with van der Waals surface area (Å²) in [4.78, 5) is 42.4. The molecule has 0 aliphatic heterocycles. The van der Waals surface area contributed by atoms with E-state index >= 15 is 0 Å². The van der Waals surface area contributed by atoms with Gasteiger partial charge in [0.1, 0.15) is 6.54 Å². The van der Waals surface area contributed by atoms with Gasteiger partial charge in [0.25, 0.3) is 11.1 Å². The average molecular weight is 434 g/mol. The van der Waals surface area contributed by atoms with Crippen LogP contribution in [-0.4, -0.2) is 27.1 Å². The molecule has 1 N–H and O–H groups in total. The number of rotatable bonds is 7. The van der Waals surface area contributed by atoms with E-state index in [2.05, 4.69) is 5.10 Å². The number of carbonyl (C=O) groups excluding carboxylic acids is 1. The zero-order valence-corrected chi connectivity index (χ0v) is 18.0. The van der Waals surface area contributed by atoms with Gasteiger partial charge in [0, 0.05) is 16.3 Å². The number of aromatic amines is 1. The number of fused-ring (bicyclic) bond motifs is 1. The van der Waals surface area contributed by atoms with Gasteiger partial charge in [0.05, 0.1) is 17.3 Å². The van der Waals surface area contributed by atoms with Crippen LogP contribution in [0.5, 0.6) is 0 Å². The molecular formula is C24H23N3O3S. The van der Waals surface area contributed by atoms with E-state index in [9.17, 15) is 14.4 Å². The van der Waals surface area contributed by atoms with Gasteiger partial charge in [-0.25, -0.2) is 4.68 Å². The molecule has 0 atom stereocenters. The molecule has 2 aromatic heterocycles. The summed E-state index contributed by atoms with van der Waals surface area (Å²) in [6.07, 6.45) is 0.708. The van der Waals surface area contributed by atoms with Gasteiger partial charge < -0.3 is 4.90 Å². The Morgan fingerprint density at radius 2 is 1.68 bits per heavy atom. The van der Waals surface area contributed by atoms with E-state index in [0.717, 1.165) is 15.1 Å². The van der Waals surface area contributed by atoms with Crippen LogP contribution in [0.15, 0.2) is 76.3 Å². The van der Waals surface area contributed by atoms with Gasteiger partial charge in [-0.3, -0.25) is 19.5 Å². The summed E-state index contributed by atoms with van der Waals surface area (Å²) in [6, 6.07) is 20.7. The number of hydrogen-bond acceptors (Lipinski definition) is 4. The fourth-order valence-corrected chi connectivity index (χ4v) is 4.46. The van der Waals surface area contributed by atoms with Gasteiger partial charge in [0.15, 0.2) is 0 Å². The van der Waals surface area contributed by atoms with Gasteiger partial charge in [-0.15, -0.1) is 11.3 Å². The highest BCUT2D eigenvalue weighted by atomic mass is 32.1. The second-order valence-electron chi connectivity index (χ2n) is 7.44. The Morgan fingerprint density at radius 1 is 0.968 bits per heavy atom. The lowest BCUT2D eigenvalue weighted by molar-refractivity contribution is -0.132. The molecule has 4 rings (SSSR count). The number of benzene rings is 2. The Hall–Kier alpha value is -3.45. The summed E-state index contributed by atoms with van der Waals surface area (Å²) in [7, 11) is 0. The zero-order valence-electron chi connectivity index (χ0n) is 17.2. The van der Waals surface area contributed by atoms with Gasteiger partial charge in [-0.05, 0) is 43.2 Å². The molecule has 0 radical (unpaired) electrons. The zero-order chi connectivity index (χ0) is 21.8. The minimum absolute atomic E-state index is 0.210. The molecule has 0 saturated carbocycles. The molecule has 0 unspecified atom stereocenters. The average Bonchev–Trinajstić information content (AvgIpc) is 3.20. The molecule has 0 saturated heterocycles. The third-order valence-corrected chi connectivity index (χ3v) is 6.17. The first-order valence-electron chi connectivity index (χ1n) is 10.1. The molecule has 158 valence electrons. The molecule has 0 spiro atoms. The van der Waals surface area contributed by atoms with Crippen molar-refractivity contribution in [2.24, 2.45) is 0 Å². The highest BCUT2D eigenvalue weighted by molar-refractivity contribution is 7.11. The predicted molar refractivity (Wildman–Crippen MR) is 123 cm³/mol. The first-order chi connectivity index (χ1) is 15.0. The van der Waals surface area contributed by atoms with Gasteiger partial charge in [-0.2, -0.15) is 0 Å². The fraction of sp³-hybridized carbons (Fsp3) is 0.208. The highest BCUT2D eigenvalue weighted by Crippen LogP contribution is 2.18. The third-order valence-electron chi connectivity index (χ3n) is 5.19. The van der Waals surface area contributed by atoms with Crippen molar-refractivity contribution in [1.82, 2.24) is 14.7 Å². The second kappa shape index (κ2) is 9.14. The van der Waals surface area contributed by atoms with E-state index in [0.29, 0.717) is 30.3 Å². The molecule has 1 amide bonds. The summed E-state index contributed by atoms with van der Waals surface area (Å²) < 4.78 is 1.11. The van der Waals surface area contributed by atoms with Crippen LogP contribution in [0.4, 0.5) is 0 Å². The van der Waals surface area contributed by atoms with Crippen LogP contribution in [-0.2, 0) is 24.3 Å². The van der Waals surface area contributed by atoms with Crippen LogP contribution in [0.2, 0.25) is 0 Å². The highest BCUT2D eigenvalue weighted by Gasteiger charge is 2.18. The number of aryl methyl sites for hydroxylation is 1. The molecular weight excluding hydrogens is 410 g/mol. The maximum atomic E-state index is 13.2. The smallest absolute Gasteiger partial charge is 0.273 e. The number of nitrogens with zero attached hydrogens (tertiary/aromatic N) is 2. The summed E-state index contributed by atoms with van der Waals surface area (Å²) in [6.45, 7) is 2.81. The molecule has 0 aliphatic carbocycles. The Labute approximate surface area is 183 Å². The van der Waals surface area contributed by atoms with Crippen molar-refractivity contribution in [1.29, 1.82) is 0 Å². The number of hydrogen-bond donors (Lipinski definition) is 1. The molecule has 0 aliphatic rings. The van der Waals surface area contributed by atoms with Crippen molar-refractivity contribution in [3.8, 4) is 0 Å². The van der Waals surface area contributed by atoms with Gasteiger partial charge in [0.2, 0.25) is 5.91 Å². The van der Waals surface area contributed by atoms with E-state index < -0.39 is 0 Å². The van der Waals surface area contributed by atoms with Crippen LogP contribution >= 0.6 is 11.3 Å². The summed E-state index contributed by atoms with van der Waals surface area (Å²) in [5.74, 6) is -0.213. The standard InChI is InChI=1S/C24H23N3O3S/c1-17-11-12-19(31-17)15-26(14-13-18-7-3-2-4-8-18)22(28)16-27-24(30)21-10-6-5-9-20(21)23(29)25-27/h2-12H,13-16H2,1H3,(H,25,29). The van der Waals surface area contributed by atoms with Gasteiger partial charge >= 0.3 is 0 Å². The first-order valence-corrected chi connectivity index (χ1v) is 10.9. The Kier molecular flexibility index (Phi) is 6.13. The lowest BCUT2D eigenvalue weighted by Crippen LogP contribution is -2.39. The van der Waals surface area contributed by atoms with E-state index in [1.54, 1.807) is 40.5 Å². The summed E-state index contributed by atoms with van der Waals surface area (Å²) in [5.41, 5.74) is 0.380. The topological polar surface area (TPSA) is 75.2 Å². The van der Waals surface area contributed by atoms with Crippen molar-refractivity contribution in [3.63, 3.8) is 0 Å².